The SMILES string of the molecule is Cc1ccc([C@H]2CN(C(=O)c3cnn4ccccc34)C[C@@H]2N)o1. The van der Waals surface area contributed by atoms with E-state index in [1.54, 1.807) is 15.6 Å². The summed E-state index contributed by atoms with van der Waals surface area (Å²) in [4.78, 5) is 14.6. The third-order valence-corrected chi connectivity index (χ3v) is 4.44. The van der Waals surface area contributed by atoms with Crippen LogP contribution in [0.2, 0.25) is 0 Å². The molecule has 6 nitrogen and oxygen atoms in total. The van der Waals surface area contributed by atoms with Crippen molar-refractivity contribution in [3.63, 3.8) is 0 Å². The molecule has 0 bridgehead atoms. The molecule has 2 atom stereocenters. The lowest BCUT2D eigenvalue weighted by atomic mass is 10.0. The van der Waals surface area contributed by atoms with Gasteiger partial charge >= 0.3 is 0 Å². The number of aromatic nitrogens is 2. The van der Waals surface area contributed by atoms with Gasteiger partial charge in [0.05, 0.1) is 23.2 Å². The molecule has 3 aromatic heterocycles. The Morgan fingerprint density at radius 2 is 2.17 bits per heavy atom. The Kier molecular flexibility index (Phi) is 3.20. The molecule has 4 rings (SSSR count). The second kappa shape index (κ2) is 5.24. The molecule has 0 unspecified atom stereocenters. The number of rotatable bonds is 2. The fourth-order valence-corrected chi connectivity index (χ4v) is 3.22. The van der Waals surface area contributed by atoms with Gasteiger partial charge in [-0.05, 0) is 31.2 Å². The number of nitrogens with two attached hydrogens (primary N) is 1. The van der Waals surface area contributed by atoms with E-state index in [4.69, 9.17) is 10.2 Å². The normalized spacial score (nSPS) is 21.2. The molecule has 3 aromatic rings. The largest absolute Gasteiger partial charge is 0.466 e. The summed E-state index contributed by atoms with van der Waals surface area (Å²) in [5.74, 6) is 1.71. The third-order valence-electron chi connectivity index (χ3n) is 4.44. The van der Waals surface area contributed by atoms with Crippen LogP contribution in [-0.2, 0) is 0 Å². The maximum atomic E-state index is 12.8. The smallest absolute Gasteiger partial charge is 0.257 e. The minimum atomic E-state index is -0.119. The number of pyridine rings is 1. The predicted molar refractivity (Wildman–Crippen MR) is 85.3 cm³/mol. The average molecular weight is 310 g/mol. The fraction of sp³-hybridized carbons (Fsp3) is 0.294. The average Bonchev–Trinajstić information content (AvgIpc) is 3.24. The molecule has 1 fully saturated rings. The molecule has 4 heterocycles. The van der Waals surface area contributed by atoms with Crippen LogP contribution >= 0.6 is 0 Å². The van der Waals surface area contributed by atoms with Crippen molar-refractivity contribution in [2.24, 2.45) is 5.73 Å². The summed E-state index contributed by atoms with van der Waals surface area (Å²) in [6.07, 6.45) is 3.45. The summed E-state index contributed by atoms with van der Waals surface area (Å²) < 4.78 is 7.40. The summed E-state index contributed by atoms with van der Waals surface area (Å²) in [5.41, 5.74) is 7.65. The van der Waals surface area contributed by atoms with Crippen molar-refractivity contribution in [1.82, 2.24) is 14.5 Å². The van der Waals surface area contributed by atoms with Crippen molar-refractivity contribution in [3.05, 3.63) is 59.8 Å². The minimum absolute atomic E-state index is 0.0348. The molecule has 23 heavy (non-hydrogen) atoms. The van der Waals surface area contributed by atoms with Gasteiger partial charge in [0.25, 0.3) is 5.91 Å². The van der Waals surface area contributed by atoms with Crippen molar-refractivity contribution >= 4 is 11.4 Å². The third kappa shape index (κ3) is 2.31. The van der Waals surface area contributed by atoms with Crippen LogP contribution in [0.5, 0.6) is 0 Å². The number of aryl methyl sites for hydroxylation is 1. The highest BCUT2D eigenvalue weighted by Crippen LogP contribution is 2.29. The summed E-state index contributed by atoms with van der Waals surface area (Å²) in [6, 6.07) is 9.43. The van der Waals surface area contributed by atoms with E-state index in [9.17, 15) is 4.79 Å². The van der Waals surface area contributed by atoms with E-state index >= 15 is 0 Å². The summed E-state index contributed by atoms with van der Waals surface area (Å²) in [6.45, 7) is 3.00. The number of amides is 1. The zero-order valence-electron chi connectivity index (χ0n) is 12.8. The van der Waals surface area contributed by atoms with Gasteiger partial charge in [0.2, 0.25) is 0 Å². The Labute approximate surface area is 133 Å². The number of carbonyl (C=O) groups is 1. The van der Waals surface area contributed by atoms with Crippen molar-refractivity contribution in [2.75, 3.05) is 13.1 Å². The van der Waals surface area contributed by atoms with E-state index in [-0.39, 0.29) is 17.9 Å². The number of hydrogen-bond donors (Lipinski definition) is 1. The first-order valence-electron chi connectivity index (χ1n) is 7.67. The van der Waals surface area contributed by atoms with Crippen molar-refractivity contribution in [2.45, 2.75) is 18.9 Å². The van der Waals surface area contributed by atoms with Gasteiger partial charge < -0.3 is 15.1 Å². The predicted octanol–water partition coefficient (Wildman–Crippen LogP) is 1.80. The van der Waals surface area contributed by atoms with E-state index in [1.807, 2.05) is 43.5 Å². The number of nitrogens with zero attached hydrogens (tertiary/aromatic N) is 3. The van der Waals surface area contributed by atoms with Crippen molar-refractivity contribution < 1.29 is 9.21 Å². The standard InChI is InChI=1S/C17H18N4O2/c1-11-5-6-16(23-11)13-9-20(10-14(13)18)17(22)12-8-19-21-7-3-2-4-15(12)21/h2-8,13-14H,9-10,18H2,1H3/t13-,14-/m0/s1. The lowest BCUT2D eigenvalue weighted by molar-refractivity contribution is 0.0790. The van der Waals surface area contributed by atoms with E-state index in [2.05, 4.69) is 5.10 Å². The Balaban J connectivity index is 1.60. The quantitative estimate of drug-likeness (QED) is 0.783. The fourth-order valence-electron chi connectivity index (χ4n) is 3.22. The van der Waals surface area contributed by atoms with Gasteiger partial charge in [0, 0.05) is 25.3 Å². The molecule has 118 valence electrons. The molecule has 0 saturated carbocycles. The van der Waals surface area contributed by atoms with Gasteiger partial charge in [-0.3, -0.25) is 4.79 Å². The zero-order chi connectivity index (χ0) is 16.0. The first-order valence-corrected chi connectivity index (χ1v) is 7.67. The first kappa shape index (κ1) is 14.0. The van der Waals surface area contributed by atoms with Crippen LogP contribution in [-0.4, -0.2) is 39.6 Å². The number of fused-ring (bicyclic) bond motifs is 1. The summed E-state index contributed by atoms with van der Waals surface area (Å²) >= 11 is 0. The van der Waals surface area contributed by atoms with Gasteiger partial charge in [-0.2, -0.15) is 5.10 Å². The van der Waals surface area contributed by atoms with Gasteiger partial charge in [0.1, 0.15) is 11.5 Å². The maximum Gasteiger partial charge on any atom is 0.257 e. The number of furan rings is 1. The highest BCUT2D eigenvalue weighted by atomic mass is 16.3. The molecule has 1 aliphatic rings. The Morgan fingerprint density at radius 1 is 1.30 bits per heavy atom. The molecule has 0 aromatic carbocycles. The molecule has 1 amide bonds. The number of likely N-dealkylation sites (tertiary alicyclic amines) is 1. The highest BCUT2D eigenvalue weighted by molar-refractivity contribution is 6.00. The van der Waals surface area contributed by atoms with Crippen LogP contribution in [0.4, 0.5) is 0 Å². The van der Waals surface area contributed by atoms with E-state index < -0.39 is 0 Å². The Bertz CT molecular complexity index is 866. The highest BCUT2D eigenvalue weighted by Gasteiger charge is 2.36. The second-order valence-corrected chi connectivity index (χ2v) is 6.02. The zero-order valence-corrected chi connectivity index (χ0v) is 12.8. The summed E-state index contributed by atoms with van der Waals surface area (Å²) in [5, 5.41) is 4.23. The molecule has 0 spiro atoms. The van der Waals surface area contributed by atoms with Crippen LogP contribution in [0.1, 0.15) is 27.8 Å². The van der Waals surface area contributed by atoms with Crippen LogP contribution in [0.15, 0.2) is 47.1 Å². The first-order chi connectivity index (χ1) is 11.1. The Hall–Kier alpha value is -2.60. The van der Waals surface area contributed by atoms with Crippen molar-refractivity contribution in [1.29, 1.82) is 0 Å². The van der Waals surface area contributed by atoms with E-state index in [0.29, 0.717) is 18.7 Å². The molecular weight excluding hydrogens is 292 g/mol. The van der Waals surface area contributed by atoms with Crippen LogP contribution in [0.25, 0.3) is 5.52 Å². The lowest BCUT2D eigenvalue weighted by Gasteiger charge is -2.15. The second-order valence-electron chi connectivity index (χ2n) is 6.02. The van der Waals surface area contributed by atoms with E-state index in [0.717, 1.165) is 17.0 Å². The molecule has 2 N–H and O–H groups in total. The van der Waals surface area contributed by atoms with Gasteiger partial charge in [-0.25, -0.2) is 4.52 Å². The minimum Gasteiger partial charge on any atom is -0.466 e. The van der Waals surface area contributed by atoms with Gasteiger partial charge in [-0.15, -0.1) is 0 Å². The van der Waals surface area contributed by atoms with E-state index in [1.165, 1.54) is 0 Å². The molecule has 1 aliphatic heterocycles. The topological polar surface area (TPSA) is 76.8 Å². The molecule has 6 heteroatoms. The maximum absolute atomic E-state index is 12.8. The molecule has 0 aliphatic carbocycles. The Morgan fingerprint density at radius 3 is 2.96 bits per heavy atom. The summed E-state index contributed by atoms with van der Waals surface area (Å²) in [7, 11) is 0. The van der Waals surface area contributed by atoms with Crippen LogP contribution in [0.3, 0.4) is 0 Å². The number of hydrogen-bond acceptors (Lipinski definition) is 4. The monoisotopic (exact) mass is 310 g/mol. The van der Waals surface area contributed by atoms with Crippen molar-refractivity contribution in [3.8, 4) is 0 Å². The lowest BCUT2D eigenvalue weighted by Crippen LogP contribution is -2.32. The van der Waals surface area contributed by atoms with Crippen LogP contribution < -0.4 is 5.73 Å². The molecule has 1 saturated heterocycles. The number of carbonyl (C=O) groups excluding carboxylic acids is 1. The van der Waals surface area contributed by atoms with Crippen LogP contribution in [0, 0.1) is 6.92 Å². The molecule has 0 radical (unpaired) electrons. The van der Waals surface area contributed by atoms with Gasteiger partial charge in [0.15, 0.2) is 0 Å². The molecular formula is C17H18N4O2. The van der Waals surface area contributed by atoms with Gasteiger partial charge in [-0.1, -0.05) is 6.07 Å².